The molecule has 2 N–H and O–H groups in total. The fraction of sp³-hybridized carbons (Fsp3) is 0.316. The van der Waals surface area contributed by atoms with Crippen molar-refractivity contribution in [2.45, 2.75) is 38.2 Å². The van der Waals surface area contributed by atoms with Crippen LogP contribution in [0.15, 0.2) is 47.4 Å². The Bertz CT molecular complexity index is 916. The minimum Gasteiger partial charge on any atom is -0.494 e. The second-order valence-electron chi connectivity index (χ2n) is 6.96. The third-order valence-corrected chi connectivity index (χ3v) is 4.82. The maximum Gasteiger partial charge on any atom is 0.412 e. The molecule has 1 amide bonds. The summed E-state index contributed by atoms with van der Waals surface area (Å²) in [6, 6.07) is 11.1. The Morgan fingerprint density at radius 1 is 1.04 bits per heavy atom. The van der Waals surface area contributed by atoms with E-state index in [0.29, 0.717) is 17.1 Å². The van der Waals surface area contributed by atoms with Gasteiger partial charge in [-0.2, -0.15) is 0 Å². The first-order valence-corrected chi connectivity index (χ1v) is 9.76. The minimum atomic E-state index is -3.73. The second kappa shape index (κ2) is 7.87. The van der Waals surface area contributed by atoms with Crippen LogP contribution in [0.5, 0.6) is 5.75 Å². The summed E-state index contributed by atoms with van der Waals surface area (Å²) >= 11 is 0. The highest BCUT2D eigenvalue weighted by Crippen LogP contribution is 2.29. The SMILES string of the molecule is COc1cc(NS(=O)(=O)c2ccc(C)cc2)ccc1NC(=O)OC(C)(C)C. The zero-order chi connectivity index (χ0) is 20.2. The number of carbonyl (C=O) groups excluding carboxylic acids is 1. The first-order chi connectivity index (χ1) is 12.5. The molecular formula is C19H24N2O5S. The normalized spacial score (nSPS) is 11.6. The molecule has 0 unspecified atom stereocenters. The van der Waals surface area contributed by atoms with Crippen molar-refractivity contribution in [3.8, 4) is 5.75 Å². The maximum atomic E-state index is 12.5. The van der Waals surface area contributed by atoms with Crippen LogP contribution in [-0.4, -0.2) is 27.2 Å². The van der Waals surface area contributed by atoms with Gasteiger partial charge in [-0.25, -0.2) is 13.2 Å². The predicted octanol–water partition coefficient (Wildman–Crippen LogP) is 4.15. The number of amides is 1. The van der Waals surface area contributed by atoms with E-state index in [1.54, 1.807) is 32.9 Å². The number of hydrogen-bond acceptors (Lipinski definition) is 5. The van der Waals surface area contributed by atoms with Gasteiger partial charge >= 0.3 is 6.09 Å². The number of benzene rings is 2. The number of methoxy groups -OCH3 is 1. The molecule has 8 heteroatoms. The molecule has 146 valence electrons. The van der Waals surface area contributed by atoms with Gasteiger partial charge in [0.15, 0.2) is 0 Å². The number of aryl methyl sites for hydroxylation is 1. The van der Waals surface area contributed by atoms with Gasteiger partial charge in [0.2, 0.25) is 0 Å². The van der Waals surface area contributed by atoms with Crippen molar-refractivity contribution in [1.29, 1.82) is 0 Å². The molecule has 27 heavy (non-hydrogen) atoms. The molecule has 0 saturated heterocycles. The van der Waals surface area contributed by atoms with Crippen molar-refractivity contribution in [1.82, 2.24) is 0 Å². The number of hydrogen-bond donors (Lipinski definition) is 2. The molecule has 0 aliphatic rings. The molecule has 0 saturated carbocycles. The summed E-state index contributed by atoms with van der Waals surface area (Å²) in [6.45, 7) is 7.15. The van der Waals surface area contributed by atoms with E-state index in [9.17, 15) is 13.2 Å². The summed E-state index contributed by atoms with van der Waals surface area (Å²) < 4.78 is 37.9. The highest BCUT2D eigenvalue weighted by Gasteiger charge is 2.19. The molecule has 2 aromatic carbocycles. The number of nitrogens with one attached hydrogen (secondary N) is 2. The molecule has 0 bridgehead atoms. The fourth-order valence-electron chi connectivity index (χ4n) is 2.20. The standard InChI is InChI=1S/C19H24N2O5S/c1-13-6-9-15(10-7-13)27(23,24)21-14-8-11-16(17(12-14)25-5)20-18(22)26-19(2,3)4/h6-12,21H,1-5H3,(H,20,22). The first-order valence-electron chi connectivity index (χ1n) is 8.28. The molecule has 0 atom stereocenters. The van der Waals surface area contributed by atoms with Crippen molar-refractivity contribution in [2.75, 3.05) is 17.1 Å². The molecule has 0 aliphatic heterocycles. The molecule has 0 fully saturated rings. The number of rotatable bonds is 5. The molecule has 2 rings (SSSR count). The van der Waals surface area contributed by atoms with E-state index in [0.717, 1.165) is 5.56 Å². The first kappa shape index (κ1) is 20.6. The van der Waals surface area contributed by atoms with Gasteiger partial charge in [0.25, 0.3) is 10.0 Å². The Morgan fingerprint density at radius 3 is 2.22 bits per heavy atom. The monoisotopic (exact) mass is 392 g/mol. The van der Waals surface area contributed by atoms with Gasteiger partial charge in [-0.1, -0.05) is 17.7 Å². The zero-order valence-electron chi connectivity index (χ0n) is 16.0. The van der Waals surface area contributed by atoms with Crippen LogP contribution in [0.4, 0.5) is 16.2 Å². The average molecular weight is 392 g/mol. The van der Waals surface area contributed by atoms with Gasteiger partial charge in [0.05, 0.1) is 23.4 Å². The largest absolute Gasteiger partial charge is 0.494 e. The molecule has 0 spiro atoms. The topological polar surface area (TPSA) is 93.7 Å². The predicted molar refractivity (Wildman–Crippen MR) is 105 cm³/mol. The van der Waals surface area contributed by atoms with Gasteiger partial charge in [0, 0.05) is 6.07 Å². The van der Waals surface area contributed by atoms with E-state index < -0.39 is 21.7 Å². The van der Waals surface area contributed by atoms with Crippen LogP contribution in [0.2, 0.25) is 0 Å². The molecule has 0 aliphatic carbocycles. The molecular weight excluding hydrogens is 368 g/mol. The summed E-state index contributed by atoms with van der Waals surface area (Å²) in [4.78, 5) is 12.1. The van der Waals surface area contributed by atoms with Crippen molar-refractivity contribution in [3.63, 3.8) is 0 Å². The summed E-state index contributed by atoms with van der Waals surface area (Å²) in [5.41, 5.74) is 1.00. The van der Waals surface area contributed by atoms with Crippen molar-refractivity contribution in [2.24, 2.45) is 0 Å². The number of ether oxygens (including phenoxy) is 2. The van der Waals surface area contributed by atoms with E-state index in [2.05, 4.69) is 10.0 Å². The summed E-state index contributed by atoms with van der Waals surface area (Å²) in [6.07, 6.45) is -0.631. The number of sulfonamides is 1. The molecule has 0 heterocycles. The lowest BCUT2D eigenvalue weighted by molar-refractivity contribution is 0.0635. The van der Waals surface area contributed by atoms with Gasteiger partial charge < -0.3 is 9.47 Å². The Hall–Kier alpha value is -2.74. The zero-order valence-corrected chi connectivity index (χ0v) is 16.8. The van der Waals surface area contributed by atoms with E-state index in [1.807, 2.05) is 6.92 Å². The van der Waals surface area contributed by atoms with Crippen LogP contribution in [0.1, 0.15) is 26.3 Å². The maximum absolute atomic E-state index is 12.5. The number of carbonyl (C=O) groups is 1. The van der Waals surface area contributed by atoms with E-state index in [-0.39, 0.29) is 4.90 Å². The average Bonchev–Trinajstić information content (AvgIpc) is 2.54. The van der Waals surface area contributed by atoms with Gasteiger partial charge in [-0.05, 0) is 52.0 Å². The molecule has 0 radical (unpaired) electrons. The third kappa shape index (κ3) is 5.89. The highest BCUT2D eigenvalue weighted by atomic mass is 32.2. The summed E-state index contributed by atoms with van der Waals surface area (Å²) in [5, 5.41) is 2.58. The lowest BCUT2D eigenvalue weighted by Gasteiger charge is -2.20. The Morgan fingerprint density at radius 2 is 1.67 bits per heavy atom. The lowest BCUT2D eigenvalue weighted by Crippen LogP contribution is -2.27. The quantitative estimate of drug-likeness (QED) is 0.797. The Balaban J connectivity index is 2.20. The van der Waals surface area contributed by atoms with Crippen LogP contribution < -0.4 is 14.8 Å². The highest BCUT2D eigenvalue weighted by molar-refractivity contribution is 7.92. The van der Waals surface area contributed by atoms with E-state index in [1.165, 1.54) is 37.4 Å². The Labute approximate surface area is 159 Å². The van der Waals surface area contributed by atoms with Crippen molar-refractivity contribution in [3.05, 3.63) is 48.0 Å². The summed E-state index contributed by atoms with van der Waals surface area (Å²) in [7, 11) is -2.31. The smallest absolute Gasteiger partial charge is 0.412 e. The lowest BCUT2D eigenvalue weighted by atomic mass is 10.2. The fourth-order valence-corrected chi connectivity index (χ4v) is 3.25. The molecule has 7 nitrogen and oxygen atoms in total. The van der Waals surface area contributed by atoms with Crippen LogP contribution in [0.3, 0.4) is 0 Å². The number of anilines is 2. The summed E-state index contributed by atoms with van der Waals surface area (Å²) in [5.74, 6) is 0.296. The van der Waals surface area contributed by atoms with Gasteiger partial charge in [-0.15, -0.1) is 0 Å². The second-order valence-corrected chi connectivity index (χ2v) is 8.64. The van der Waals surface area contributed by atoms with Gasteiger partial charge in [-0.3, -0.25) is 10.0 Å². The van der Waals surface area contributed by atoms with Crippen LogP contribution in [-0.2, 0) is 14.8 Å². The van der Waals surface area contributed by atoms with Crippen molar-refractivity contribution >= 4 is 27.5 Å². The van der Waals surface area contributed by atoms with E-state index >= 15 is 0 Å². The van der Waals surface area contributed by atoms with E-state index in [4.69, 9.17) is 9.47 Å². The molecule has 0 aromatic heterocycles. The molecule has 2 aromatic rings. The van der Waals surface area contributed by atoms with Crippen LogP contribution in [0.25, 0.3) is 0 Å². The van der Waals surface area contributed by atoms with Crippen molar-refractivity contribution < 1.29 is 22.7 Å². The van der Waals surface area contributed by atoms with Gasteiger partial charge in [0.1, 0.15) is 11.4 Å². The minimum absolute atomic E-state index is 0.156. The Kier molecular flexibility index (Phi) is 6.00. The van der Waals surface area contributed by atoms with Crippen LogP contribution >= 0.6 is 0 Å². The third-order valence-electron chi connectivity index (χ3n) is 3.42. The van der Waals surface area contributed by atoms with Crippen LogP contribution in [0, 0.1) is 6.92 Å².